The fraction of sp³-hybridized carbons (Fsp3) is 0.365. The van der Waals surface area contributed by atoms with Crippen molar-refractivity contribution < 1.29 is 58.5 Å². The van der Waals surface area contributed by atoms with E-state index in [9.17, 15) is 58.5 Å². The molecule has 1 aliphatic rings. The summed E-state index contributed by atoms with van der Waals surface area (Å²) in [6.45, 7) is -0.787. The third-order valence-corrected chi connectivity index (χ3v) is 15.0. The minimum atomic E-state index is -1.73. The maximum atomic E-state index is 14.7. The van der Waals surface area contributed by atoms with Crippen molar-refractivity contribution in [3.63, 3.8) is 0 Å². The molecule has 18 N–H and O–H groups in total. The van der Waals surface area contributed by atoms with E-state index in [-0.39, 0.29) is 73.6 Å². The molecular weight excluding hydrogens is 1070 g/mol. The predicted octanol–water partition coefficient (Wildman–Crippen LogP) is -1.16. The van der Waals surface area contributed by atoms with Gasteiger partial charge in [-0.3, -0.25) is 43.2 Å². The van der Waals surface area contributed by atoms with Gasteiger partial charge in [0.25, 0.3) is 0 Å². The van der Waals surface area contributed by atoms with Crippen molar-refractivity contribution in [1.82, 2.24) is 37.2 Å². The lowest BCUT2D eigenvalue weighted by Gasteiger charge is -2.28. The van der Waals surface area contributed by atoms with Crippen molar-refractivity contribution in [2.45, 2.75) is 93.3 Å². The molecule has 5 rings (SSSR count). The molecule has 8 atom stereocenters. The van der Waals surface area contributed by atoms with Gasteiger partial charge < -0.3 is 75.5 Å². The quantitative estimate of drug-likeness (QED) is 0.0389. The molecule has 26 heteroatoms. The number of rotatable bonds is 19. The van der Waals surface area contributed by atoms with Gasteiger partial charge in [0.2, 0.25) is 53.2 Å². The zero-order valence-electron chi connectivity index (χ0n) is 42.2. The van der Waals surface area contributed by atoms with Crippen LogP contribution >= 0.6 is 33.2 Å². The van der Waals surface area contributed by atoms with Crippen LogP contribution in [0.1, 0.15) is 51.9 Å². The van der Waals surface area contributed by atoms with Gasteiger partial charge >= 0.3 is 0 Å². The number of aromatic hydroxyl groups is 2. The SMILES string of the molecule is NCCCC[C@@H]1NC(=O)[C@@H](Cc2ccc(C(N)=O)cc2)NC(=O)[C@H](Cc2ccc(O)cc2)NC(=O)[C@H](NC(=O)[C@@H](N)Cc2ccc(Cl)cc2)CSSC[C@@H](C(=O)N[C@H](Cc2ccc(O)cc2)C(N)=O)NC(=O)[C@H](CO)NC1=O. The number of halogens is 1. The summed E-state index contributed by atoms with van der Waals surface area (Å²) >= 11 is 6.06. The van der Waals surface area contributed by atoms with Gasteiger partial charge in [-0.05, 0) is 103 Å². The Kier molecular flexibility index (Phi) is 24.0. The summed E-state index contributed by atoms with van der Waals surface area (Å²) in [6.07, 6.45) is 0.0641. The number of nitrogens with one attached hydrogen (secondary N) is 7. The molecule has 1 aliphatic heterocycles. The van der Waals surface area contributed by atoms with Gasteiger partial charge in [0, 0.05) is 41.4 Å². The second-order valence-corrected chi connectivity index (χ2v) is 21.3. The van der Waals surface area contributed by atoms with Gasteiger partial charge in [-0.25, -0.2) is 0 Å². The van der Waals surface area contributed by atoms with E-state index >= 15 is 0 Å². The van der Waals surface area contributed by atoms with E-state index in [2.05, 4.69) is 37.2 Å². The number of phenolic OH excluding ortho intramolecular Hbond substituents is 2. The second kappa shape index (κ2) is 30.5. The standard InChI is InChI=1S/C52H64ClN11O12S2/c53-33-14-6-28(7-15-33)21-36(55)46(70)63-42-26-77-78-27-43(51(75)59-38(45(57)69)22-30-8-16-34(66)17-9-30)64-50(74)41(25-65)62-47(71)37(3-1-2-20-54)58-48(72)39(23-29-4-12-32(13-5-29)44(56)68)60-49(73)40(61-52(42)76)24-31-10-18-35(67)19-11-31/h4-19,36-43,65-67H,1-3,20-27,54-55H2,(H2,56,68)(H2,57,69)(H,58,72)(H,59,75)(H,60,73)(H,61,76)(H,62,71)(H,63,70)(H,64,74)/t36-,37-,38+,39+,40-,41-,42+,43-/m0/s1. The topological polar surface area (TPSA) is 403 Å². The largest absolute Gasteiger partial charge is 0.508 e. The lowest BCUT2D eigenvalue weighted by molar-refractivity contribution is -0.136. The third-order valence-electron chi connectivity index (χ3n) is 12.3. The summed E-state index contributed by atoms with van der Waals surface area (Å²) in [5.74, 6) is -8.77. The number of primary amides is 2. The maximum Gasteiger partial charge on any atom is 0.248 e. The van der Waals surface area contributed by atoms with Gasteiger partial charge in [-0.1, -0.05) is 81.7 Å². The highest BCUT2D eigenvalue weighted by atomic mass is 35.5. The van der Waals surface area contributed by atoms with Gasteiger partial charge in [-0.15, -0.1) is 0 Å². The van der Waals surface area contributed by atoms with Crippen LogP contribution in [-0.2, 0) is 64.0 Å². The maximum absolute atomic E-state index is 14.7. The Morgan fingerprint density at radius 2 is 1.09 bits per heavy atom. The average Bonchev–Trinajstić information content (AvgIpc) is 3.42. The number of aliphatic hydroxyl groups is 1. The molecule has 0 unspecified atom stereocenters. The fourth-order valence-electron chi connectivity index (χ4n) is 7.85. The van der Waals surface area contributed by atoms with Crippen LogP contribution in [0.4, 0.5) is 0 Å². The van der Waals surface area contributed by atoms with E-state index in [0.29, 0.717) is 33.7 Å². The Morgan fingerprint density at radius 1 is 0.615 bits per heavy atom. The Hall–Kier alpha value is -7.42. The molecule has 1 fully saturated rings. The smallest absolute Gasteiger partial charge is 0.248 e. The molecule has 0 spiro atoms. The number of hydrogen-bond donors (Lipinski definition) is 14. The average molecular weight is 1130 g/mol. The molecule has 0 aliphatic carbocycles. The van der Waals surface area contributed by atoms with Crippen LogP contribution in [0.25, 0.3) is 0 Å². The zero-order chi connectivity index (χ0) is 56.9. The van der Waals surface area contributed by atoms with Crippen LogP contribution in [-0.4, -0.2) is 141 Å². The number of phenols is 2. The molecule has 1 heterocycles. The monoisotopic (exact) mass is 1130 g/mol. The van der Waals surface area contributed by atoms with Gasteiger partial charge in [0.05, 0.1) is 12.6 Å². The summed E-state index contributed by atoms with van der Waals surface area (Å²) in [6, 6.07) is 12.2. The van der Waals surface area contributed by atoms with Gasteiger partial charge in [0.15, 0.2) is 0 Å². The molecular formula is C52H64ClN11O12S2. The summed E-state index contributed by atoms with van der Waals surface area (Å²) < 4.78 is 0. The van der Waals surface area contributed by atoms with Crippen LogP contribution in [0, 0.1) is 0 Å². The Bertz CT molecular complexity index is 2730. The molecule has 418 valence electrons. The molecule has 4 aromatic carbocycles. The van der Waals surface area contributed by atoms with Crippen molar-refractivity contribution in [1.29, 1.82) is 0 Å². The first-order valence-electron chi connectivity index (χ1n) is 24.6. The van der Waals surface area contributed by atoms with E-state index in [1.165, 1.54) is 72.8 Å². The normalized spacial score (nSPS) is 20.7. The van der Waals surface area contributed by atoms with Crippen LogP contribution in [0.15, 0.2) is 97.1 Å². The first-order chi connectivity index (χ1) is 37.2. The van der Waals surface area contributed by atoms with E-state index in [1.54, 1.807) is 24.3 Å². The number of carbonyl (C=O) groups is 9. The highest BCUT2D eigenvalue weighted by molar-refractivity contribution is 8.76. The third kappa shape index (κ3) is 19.5. The van der Waals surface area contributed by atoms with Gasteiger partial charge in [0.1, 0.15) is 53.8 Å². The summed E-state index contributed by atoms with van der Waals surface area (Å²) in [4.78, 5) is 125. The van der Waals surface area contributed by atoms with E-state index in [4.69, 9.17) is 34.5 Å². The van der Waals surface area contributed by atoms with Crippen molar-refractivity contribution in [3.05, 3.63) is 130 Å². The number of aliphatic hydroxyl groups excluding tert-OH is 1. The molecule has 0 radical (unpaired) electrons. The van der Waals surface area contributed by atoms with E-state index in [1.807, 2.05) is 0 Å². The molecule has 4 aromatic rings. The molecule has 0 aromatic heterocycles. The number of benzene rings is 4. The first kappa shape index (κ1) is 61.4. The van der Waals surface area contributed by atoms with Crippen LogP contribution in [0.3, 0.4) is 0 Å². The molecule has 23 nitrogen and oxygen atoms in total. The van der Waals surface area contributed by atoms with Crippen LogP contribution < -0.4 is 60.2 Å². The number of amides is 9. The van der Waals surface area contributed by atoms with Crippen molar-refractivity contribution >= 4 is 86.4 Å². The van der Waals surface area contributed by atoms with Crippen LogP contribution in [0.2, 0.25) is 5.02 Å². The number of carbonyl (C=O) groups excluding carboxylic acids is 9. The number of hydrogen-bond acceptors (Lipinski definition) is 16. The molecule has 0 bridgehead atoms. The second-order valence-electron chi connectivity index (χ2n) is 18.3. The Morgan fingerprint density at radius 3 is 1.64 bits per heavy atom. The lowest BCUT2D eigenvalue weighted by Crippen LogP contribution is -2.61. The lowest BCUT2D eigenvalue weighted by atomic mass is 10.0. The highest BCUT2D eigenvalue weighted by Crippen LogP contribution is 2.24. The number of unbranched alkanes of at least 4 members (excludes halogenated alkanes) is 1. The van der Waals surface area contributed by atoms with Gasteiger partial charge in [-0.2, -0.15) is 0 Å². The van der Waals surface area contributed by atoms with Crippen molar-refractivity contribution in [2.75, 3.05) is 24.7 Å². The van der Waals surface area contributed by atoms with Crippen molar-refractivity contribution in [2.24, 2.45) is 22.9 Å². The Balaban J connectivity index is 1.56. The summed E-state index contributed by atoms with van der Waals surface area (Å²) in [5.41, 5.74) is 25.5. The fourth-order valence-corrected chi connectivity index (χ4v) is 10.3. The molecule has 1 saturated heterocycles. The van der Waals surface area contributed by atoms with Crippen molar-refractivity contribution in [3.8, 4) is 11.5 Å². The first-order valence-corrected chi connectivity index (χ1v) is 27.5. The molecule has 78 heavy (non-hydrogen) atoms. The van der Waals surface area contributed by atoms with E-state index in [0.717, 1.165) is 21.6 Å². The summed E-state index contributed by atoms with van der Waals surface area (Å²) in [5, 5.41) is 49.0. The minimum Gasteiger partial charge on any atom is -0.508 e. The zero-order valence-corrected chi connectivity index (χ0v) is 44.5. The number of nitrogens with two attached hydrogens (primary N) is 4. The van der Waals surface area contributed by atoms with Crippen LogP contribution in [0.5, 0.6) is 11.5 Å². The predicted molar refractivity (Wildman–Crippen MR) is 293 cm³/mol. The Labute approximate surface area is 462 Å². The minimum absolute atomic E-state index is 0.0263. The van der Waals surface area contributed by atoms with E-state index < -0.39 is 108 Å². The molecule has 9 amide bonds. The summed E-state index contributed by atoms with van der Waals surface area (Å²) in [7, 11) is 1.90. The molecule has 0 saturated carbocycles. The highest BCUT2D eigenvalue weighted by Gasteiger charge is 2.35.